The molecule has 1 aromatic heterocycles. The molecule has 0 saturated carbocycles. The van der Waals surface area contributed by atoms with Crippen LogP contribution in [0.1, 0.15) is 146 Å². The number of thiophene rings is 1. The number of hydrogen-bond donors (Lipinski definition) is 0. The summed E-state index contributed by atoms with van der Waals surface area (Å²) < 4.78 is 2.80. The van der Waals surface area contributed by atoms with Crippen LogP contribution in [0.5, 0.6) is 0 Å². The first-order chi connectivity index (χ1) is 30.7. The van der Waals surface area contributed by atoms with E-state index < -0.39 is 0 Å². The highest BCUT2D eigenvalue weighted by atomic mass is 32.1. The molecule has 0 atom stereocenters. The van der Waals surface area contributed by atoms with Crippen molar-refractivity contribution in [2.24, 2.45) is 0 Å². The molecule has 2 nitrogen and oxygen atoms in total. The number of hydrogen-bond acceptors (Lipinski definition) is 3. The molecule has 11 rings (SSSR count). The summed E-state index contributed by atoms with van der Waals surface area (Å²) in [5.74, 6) is 0. The van der Waals surface area contributed by atoms with E-state index in [2.05, 4.69) is 197 Å². The normalized spacial score (nSPS) is 15.6. The summed E-state index contributed by atoms with van der Waals surface area (Å²) in [6, 6.07) is 39.5. The summed E-state index contributed by atoms with van der Waals surface area (Å²) in [6.45, 7) is 30.7. The molecule has 3 heterocycles. The second kappa shape index (κ2) is 14.5. The topological polar surface area (TPSA) is 6.48 Å². The fraction of sp³-hybridized carbons (Fsp3) is 0.377. The zero-order chi connectivity index (χ0) is 45.7. The van der Waals surface area contributed by atoms with Crippen molar-refractivity contribution < 1.29 is 0 Å². The molecular weight excluding hydrogens is 804 g/mol. The van der Waals surface area contributed by atoms with E-state index in [4.69, 9.17) is 0 Å². The van der Waals surface area contributed by atoms with E-state index in [1.807, 2.05) is 11.3 Å². The highest BCUT2D eigenvalue weighted by Gasteiger charge is 2.46. The summed E-state index contributed by atoms with van der Waals surface area (Å²) in [5.41, 5.74) is 26.9. The van der Waals surface area contributed by atoms with Gasteiger partial charge in [0.2, 0.25) is 0 Å². The Hall–Kier alpha value is -5.06. The lowest BCUT2D eigenvalue weighted by Crippen LogP contribution is -2.60. The minimum Gasteiger partial charge on any atom is -0.311 e. The van der Waals surface area contributed by atoms with Crippen molar-refractivity contribution in [2.75, 3.05) is 9.80 Å². The molecule has 4 heteroatoms. The molecule has 0 bridgehead atoms. The van der Waals surface area contributed by atoms with E-state index >= 15 is 0 Å². The van der Waals surface area contributed by atoms with Gasteiger partial charge in [0, 0.05) is 43.2 Å². The number of rotatable bonds is 3. The molecule has 330 valence electrons. The maximum atomic E-state index is 2.72. The second-order valence-electron chi connectivity index (χ2n) is 24.1. The maximum Gasteiger partial charge on any atom is 0.264 e. The lowest BCUT2D eigenvalue weighted by Gasteiger charge is -2.44. The van der Waals surface area contributed by atoms with E-state index in [0.29, 0.717) is 0 Å². The SMILES string of the molecule is Cc1cc2c3c(c1)N(c1ccc(C(C)(C)C)cc1)c1c(sc4ccc(C(C)(C)C)cc14)B3c1cc(C(C)(C)C)ccc1N2c1ccc(C(C)(C)C)cc1-c1c2c(cc3c1CCC3)CCC2. The van der Waals surface area contributed by atoms with Gasteiger partial charge in [-0.2, -0.15) is 0 Å². The van der Waals surface area contributed by atoms with Crippen molar-refractivity contribution in [2.45, 2.75) is 150 Å². The maximum absolute atomic E-state index is 2.72. The molecule has 7 aromatic rings. The smallest absolute Gasteiger partial charge is 0.264 e. The van der Waals surface area contributed by atoms with Gasteiger partial charge in [0.25, 0.3) is 6.71 Å². The molecule has 2 aliphatic carbocycles. The zero-order valence-corrected chi connectivity index (χ0v) is 42.2. The van der Waals surface area contributed by atoms with Gasteiger partial charge in [0.05, 0.1) is 11.4 Å². The van der Waals surface area contributed by atoms with Crippen molar-refractivity contribution in [1.82, 2.24) is 0 Å². The van der Waals surface area contributed by atoms with Gasteiger partial charge in [-0.1, -0.05) is 126 Å². The average molecular weight is 871 g/mol. The highest BCUT2D eigenvalue weighted by Crippen LogP contribution is 2.52. The van der Waals surface area contributed by atoms with Crippen LogP contribution >= 0.6 is 11.3 Å². The monoisotopic (exact) mass is 871 g/mol. The predicted octanol–water partition coefficient (Wildman–Crippen LogP) is 15.1. The molecule has 0 radical (unpaired) electrons. The fourth-order valence-electron chi connectivity index (χ4n) is 11.7. The lowest BCUT2D eigenvalue weighted by atomic mass is 9.36. The molecule has 0 fully saturated rings. The summed E-state index contributed by atoms with van der Waals surface area (Å²) in [7, 11) is 0. The van der Waals surface area contributed by atoms with Crippen LogP contribution in [0.4, 0.5) is 34.1 Å². The molecule has 0 unspecified atom stereocenters. The Morgan fingerprint density at radius 3 is 1.62 bits per heavy atom. The first-order valence-corrected chi connectivity index (χ1v) is 25.4. The predicted molar refractivity (Wildman–Crippen MR) is 285 cm³/mol. The third-order valence-electron chi connectivity index (χ3n) is 15.4. The van der Waals surface area contributed by atoms with Gasteiger partial charge in [-0.15, -0.1) is 11.3 Å². The minimum absolute atomic E-state index is 0.0108. The molecule has 65 heavy (non-hydrogen) atoms. The van der Waals surface area contributed by atoms with Gasteiger partial charge in [-0.05, 0) is 188 Å². The molecule has 6 aromatic carbocycles. The van der Waals surface area contributed by atoms with Crippen molar-refractivity contribution >= 4 is 78.0 Å². The van der Waals surface area contributed by atoms with Crippen LogP contribution in [-0.2, 0) is 47.3 Å². The van der Waals surface area contributed by atoms with Crippen molar-refractivity contribution in [3.05, 3.63) is 147 Å². The van der Waals surface area contributed by atoms with Crippen molar-refractivity contribution in [3.63, 3.8) is 0 Å². The quantitative estimate of drug-likeness (QED) is 0.163. The van der Waals surface area contributed by atoms with Gasteiger partial charge >= 0.3 is 0 Å². The van der Waals surface area contributed by atoms with E-state index in [0.717, 1.165) is 0 Å². The molecule has 4 aliphatic rings. The van der Waals surface area contributed by atoms with E-state index in [-0.39, 0.29) is 28.4 Å². The van der Waals surface area contributed by atoms with Crippen LogP contribution in [0.15, 0.2) is 97.1 Å². The van der Waals surface area contributed by atoms with Gasteiger partial charge in [0.1, 0.15) is 0 Å². The Bertz CT molecular complexity index is 3070. The first-order valence-electron chi connectivity index (χ1n) is 24.5. The molecular formula is C61H67BN2S. The lowest BCUT2D eigenvalue weighted by molar-refractivity contribution is 0.590. The number of nitrogens with zero attached hydrogens (tertiary/aromatic N) is 2. The molecule has 0 N–H and O–H groups in total. The summed E-state index contributed by atoms with van der Waals surface area (Å²) >= 11 is 2.01. The second-order valence-corrected chi connectivity index (χ2v) is 25.2. The van der Waals surface area contributed by atoms with Gasteiger partial charge in [-0.25, -0.2) is 0 Å². The Morgan fingerprint density at radius 2 is 1.02 bits per heavy atom. The molecule has 0 spiro atoms. The number of aryl methyl sites for hydroxylation is 3. The van der Waals surface area contributed by atoms with Crippen LogP contribution in [0.3, 0.4) is 0 Å². The van der Waals surface area contributed by atoms with E-state index in [1.165, 1.54) is 132 Å². The van der Waals surface area contributed by atoms with Gasteiger partial charge in [0.15, 0.2) is 0 Å². The van der Waals surface area contributed by atoms with E-state index in [1.54, 1.807) is 27.8 Å². The Balaban J connectivity index is 1.26. The van der Waals surface area contributed by atoms with Crippen molar-refractivity contribution in [3.8, 4) is 11.1 Å². The van der Waals surface area contributed by atoms with Crippen LogP contribution in [0, 0.1) is 6.92 Å². The molecule has 0 amide bonds. The molecule has 0 saturated heterocycles. The summed E-state index contributed by atoms with van der Waals surface area (Å²) in [4.78, 5) is 5.38. The average Bonchev–Trinajstić information content (AvgIpc) is 4.00. The van der Waals surface area contributed by atoms with Crippen LogP contribution in [-0.4, -0.2) is 6.71 Å². The van der Waals surface area contributed by atoms with Crippen molar-refractivity contribution in [1.29, 1.82) is 0 Å². The number of anilines is 6. The number of fused-ring (bicyclic) bond motifs is 8. The van der Waals surface area contributed by atoms with E-state index in [9.17, 15) is 0 Å². The third kappa shape index (κ3) is 6.78. The highest BCUT2D eigenvalue weighted by molar-refractivity contribution is 7.33. The summed E-state index contributed by atoms with van der Waals surface area (Å²) in [5, 5.41) is 1.36. The fourth-order valence-corrected chi connectivity index (χ4v) is 13.0. The Morgan fingerprint density at radius 1 is 0.492 bits per heavy atom. The first kappa shape index (κ1) is 42.6. The van der Waals surface area contributed by atoms with Gasteiger partial charge < -0.3 is 9.80 Å². The zero-order valence-electron chi connectivity index (χ0n) is 41.4. The molecule has 2 aliphatic heterocycles. The number of benzene rings is 6. The third-order valence-corrected chi connectivity index (χ3v) is 16.6. The minimum atomic E-state index is -0.0129. The van der Waals surface area contributed by atoms with Crippen LogP contribution in [0.25, 0.3) is 21.2 Å². The Kier molecular flexibility index (Phi) is 9.48. The largest absolute Gasteiger partial charge is 0.311 e. The van der Waals surface area contributed by atoms with Crippen LogP contribution < -0.4 is 25.5 Å². The standard InChI is InChI=1S/C61H67BN2S/c1-36-30-51-55-52(31-36)64(49-27-22-40(59(5,6)7)33-46(49)54-44-18-14-16-37(44)32-38-17-15-19-45(38)54)50-28-23-42(61(11,12)13)35-48(50)62(55)57-56(47-34-41(60(8,9)10)24-29-53(47)65-57)63(51)43-25-20-39(21-26-43)58(2,3)4/h20-35H,14-19H2,1-13H3. The van der Waals surface area contributed by atoms with Crippen LogP contribution in [0.2, 0.25) is 0 Å². The summed E-state index contributed by atoms with van der Waals surface area (Å²) in [6.07, 6.45) is 7.21. The Labute approximate surface area is 394 Å². The van der Waals surface area contributed by atoms with Gasteiger partial charge in [-0.3, -0.25) is 0 Å².